The number of nitrogens with zero attached hydrogens (tertiary/aromatic N) is 1. The third-order valence-electron chi connectivity index (χ3n) is 4.37. The van der Waals surface area contributed by atoms with Crippen LogP contribution in [0.15, 0.2) is 72.8 Å². The summed E-state index contributed by atoms with van der Waals surface area (Å²) in [6, 6.07) is 19.7. The van der Waals surface area contributed by atoms with Crippen molar-refractivity contribution in [1.29, 1.82) is 0 Å². The summed E-state index contributed by atoms with van der Waals surface area (Å²) in [6.45, 7) is 1.92. The third kappa shape index (κ3) is 5.20. The second-order valence-corrected chi connectivity index (χ2v) is 8.64. The summed E-state index contributed by atoms with van der Waals surface area (Å²) in [5.41, 5.74) is 2.83. The molecule has 0 aliphatic heterocycles. The molecule has 0 saturated heterocycles. The molecule has 0 fully saturated rings. The van der Waals surface area contributed by atoms with Gasteiger partial charge in [0.15, 0.2) is 0 Å². The largest absolute Gasteiger partial charge is 0.322 e. The lowest BCUT2D eigenvalue weighted by Gasteiger charge is -2.23. The lowest BCUT2D eigenvalue weighted by molar-refractivity contribution is 0.102. The quantitative estimate of drug-likeness (QED) is 0.654. The van der Waals surface area contributed by atoms with Crippen LogP contribution >= 0.6 is 0 Å². The van der Waals surface area contributed by atoms with Gasteiger partial charge in [-0.05, 0) is 48.9 Å². The first-order chi connectivity index (χ1) is 13.7. The Morgan fingerprint density at radius 2 is 1.59 bits per heavy atom. The van der Waals surface area contributed by atoms with Crippen molar-refractivity contribution in [3.63, 3.8) is 0 Å². The van der Waals surface area contributed by atoms with E-state index >= 15 is 0 Å². The number of sulfonamides is 1. The van der Waals surface area contributed by atoms with Crippen LogP contribution in [0.2, 0.25) is 0 Å². The van der Waals surface area contributed by atoms with Gasteiger partial charge < -0.3 is 5.32 Å². The zero-order valence-corrected chi connectivity index (χ0v) is 16.9. The Bertz CT molecular complexity index is 1110. The fourth-order valence-electron chi connectivity index (χ4n) is 2.80. The molecule has 3 aromatic carbocycles. The van der Waals surface area contributed by atoms with Gasteiger partial charge in [-0.3, -0.25) is 9.10 Å². The number of hydrogen-bond donors (Lipinski definition) is 1. The number of aryl methyl sites for hydroxylation is 1. The van der Waals surface area contributed by atoms with Crippen molar-refractivity contribution in [3.8, 4) is 0 Å². The zero-order chi connectivity index (χ0) is 21.0. The predicted octanol–water partition coefficient (Wildman–Crippen LogP) is 4.35. The van der Waals surface area contributed by atoms with Crippen LogP contribution in [0.3, 0.4) is 0 Å². The second-order valence-electron chi connectivity index (χ2n) is 6.74. The fraction of sp³-hybridized carbons (Fsp3) is 0.136. The van der Waals surface area contributed by atoms with Gasteiger partial charge in [-0.2, -0.15) is 0 Å². The van der Waals surface area contributed by atoms with Crippen molar-refractivity contribution in [2.24, 2.45) is 0 Å². The van der Waals surface area contributed by atoms with Crippen LogP contribution in [0.5, 0.6) is 0 Å². The molecule has 3 aromatic rings. The highest BCUT2D eigenvalue weighted by Crippen LogP contribution is 2.24. The van der Waals surface area contributed by atoms with Gasteiger partial charge >= 0.3 is 0 Å². The smallest absolute Gasteiger partial charge is 0.255 e. The van der Waals surface area contributed by atoms with Crippen molar-refractivity contribution in [3.05, 3.63) is 95.3 Å². The van der Waals surface area contributed by atoms with Crippen molar-refractivity contribution in [1.82, 2.24) is 0 Å². The van der Waals surface area contributed by atoms with Gasteiger partial charge in [-0.25, -0.2) is 12.8 Å². The molecule has 0 bridgehead atoms. The molecule has 5 nitrogen and oxygen atoms in total. The average Bonchev–Trinajstić information content (AvgIpc) is 2.68. The Labute approximate surface area is 169 Å². The Morgan fingerprint density at radius 3 is 2.17 bits per heavy atom. The number of carbonyl (C=O) groups is 1. The van der Waals surface area contributed by atoms with Crippen LogP contribution in [0.4, 0.5) is 15.8 Å². The molecule has 0 spiro atoms. The lowest BCUT2D eigenvalue weighted by atomic mass is 10.1. The molecule has 29 heavy (non-hydrogen) atoms. The maximum absolute atomic E-state index is 14.1. The van der Waals surface area contributed by atoms with E-state index in [-0.39, 0.29) is 18.1 Å². The van der Waals surface area contributed by atoms with E-state index in [1.807, 2.05) is 31.2 Å². The molecule has 150 valence electrons. The Morgan fingerprint density at radius 1 is 0.966 bits per heavy atom. The van der Waals surface area contributed by atoms with Crippen LogP contribution in [0.25, 0.3) is 0 Å². The number of rotatable bonds is 6. The van der Waals surface area contributed by atoms with E-state index in [9.17, 15) is 17.6 Å². The number of benzene rings is 3. The number of halogens is 1. The summed E-state index contributed by atoms with van der Waals surface area (Å²) in [5.74, 6) is -0.888. The summed E-state index contributed by atoms with van der Waals surface area (Å²) >= 11 is 0. The van der Waals surface area contributed by atoms with Gasteiger partial charge in [-0.15, -0.1) is 0 Å². The molecule has 0 atom stereocenters. The summed E-state index contributed by atoms with van der Waals surface area (Å²) in [7, 11) is -3.70. The molecule has 0 saturated carbocycles. The van der Waals surface area contributed by atoms with Crippen LogP contribution in [-0.4, -0.2) is 20.6 Å². The van der Waals surface area contributed by atoms with Gasteiger partial charge in [0.05, 0.1) is 18.5 Å². The van der Waals surface area contributed by atoms with Crippen LogP contribution in [0, 0.1) is 12.7 Å². The van der Waals surface area contributed by atoms with Gasteiger partial charge in [0.25, 0.3) is 5.91 Å². The lowest BCUT2D eigenvalue weighted by Crippen LogP contribution is -2.30. The Balaban J connectivity index is 1.77. The minimum atomic E-state index is -3.70. The number of para-hydroxylation sites is 1. The van der Waals surface area contributed by atoms with E-state index < -0.39 is 15.8 Å². The summed E-state index contributed by atoms with van der Waals surface area (Å²) in [4.78, 5) is 12.4. The Hall–Kier alpha value is -3.19. The van der Waals surface area contributed by atoms with Crippen molar-refractivity contribution in [2.45, 2.75) is 13.5 Å². The van der Waals surface area contributed by atoms with Gasteiger partial charge in [0.1, 0.15) is 5.82 Å². The van der Waals surface area contributed by atoms with Crippen LogP contribution in [-0.2, 0) is 16.6 Å². The molecule has 0 heterocycles. The number of amides is 1. The van der Waals surface area contributed by atoms with Crippen molar-refractivity contribution in [2.75, 3.05) is 15.9 Å². The van der Waals surface area contributed by atoms with Gasteiger partial charge in [0, 0.05) is 11.3 Å². The first kappa shape index (κ1) is 20.5. The molecule has 1 amide bonds. The molecule has 0 aromatic heterocycles. The minimum absolute atomic E-state index is 0.0174. The maximum atomic E-state index is 14.1. The van der Waals surface area contributed by atoms with E-state index in [1.54, 1.807) is 30.3 Å². The molecular formula is C22H21FN2O3S. The molecular weight excluding hydrogens is 391 g/mol. The molecule has 1 N–H and O–H groups in total. The number of carbonyl (C=O) groups excluding carboxylic acids is 1. The minimum Gasteiger partial charge on any atom is -0.322 e. The van der Waals surface area contributed by atoms with Crippen molar-refractivity contribution < 1.29 is 17.6 Å². The molecule has 0 unspecified atom stereocenters. The van der Waals surface area contributed by atoms with E-state index in [0.717, 1.165) is 16.1 Å². The highest BCUT2D eigenvalue weighted by atomic mass is 32.2. The number of nitrogens with one attached hydrogen (secondary N) is 1. The fourth-order valence-corrected chi connectivity index (χ4v) is 3.69. The van der Waals surface area contributed by atoms with E-state index in [0.29, 0.717) is 16.8 Å². The SMILES string of the molecule is Cc1ccc(NC(=O)c2ccc(CN(c3ccccc3F)S(C)(=O)=O)cc2)cc1. The van der Waals surface area contributed by atoms with Crippen molar-refractivity contribution >= 4 is 27.3 Å². The molecule has 3 rings (SSSR count). The number of anilines is 2. The first-order valence-electron chi connectivity index (χ1n) is 8.93. The summed E-state index contributed by atoms with van der Waals surface area (Å²) in [5, 5.41) is 2.81. The van der Waals surface area contributed by atoms with E-state index in [2.05, 4.69) is 5.32 Å². The van der Waals surface area contributed by atoms with Gasteiger partial charge in [-0.1, -0.05) is 42.0 Å². The summed E-state index contributed by atoms with van der Waals surface area (Å²) in [6.07, 6.45) is 1.03. The van der Waals surface area contributed by atoms with Crippen LogP contribution in [0.1, 0.15) is 21.5 Å². The summed E-state index contributed by atoms with van der Waals surface area (Å²) < 4.78 is 39.5. The van der Waals surface area contributed by atoms with Crippen LogP contribution < -0.4 is 9.62 Å². The highest BCUT2D eigenvalue weighted by molar-refractivity contribution is 7.92. The average molecular weight is 412 g/mol. The topological polar surface area (TPSA) is 66.5 Å². The van der Waals surface area contributed by atoms with E-state index in [1.165, 1.54) is 18.2 Å². The predicted molar refractivity (Wildman–Crippen MR) is 113 cm³/mol. The third-order valence-corrected chi connectivity index (χ3v) is 5.50. The first-order valence-corrected chi connectivity index (χ1v) is 10.8. The number of hydrogen-bond acceptors (Lipinski definition) is 3. The molecule has 0 aliphatic carbocycles. The molecule has 0 aliphatic rings. The maximum Gasteiger partial charge on any atom is 0.255 e. The monoisotopic (exact) mass is 412 g/mol. The normalized spacial score (nSPS) is 11.1. The standard InChI is InChI=1S/C22H21FN2O3S/c1-16-7-13-19(14-8-16)24-22(26)18-11-9-17(10-12-18)15-25(29(2,27)28)21-6-4-3-5-20(21)23/h3-14H,15H2,1-2H3,(H,24,26). The van der Waals surface area contributed by atoms with E-state index in [4.69, 9.17) is 0 Å². The Kier molecular flexibility index (Phi) is 5.98. The highest BCUT2D eigenvalue weighted by Gasteiger charge is 2.21. The van der Waals surface area contributed by atoms with Gasteiger partial charge in [0.2, 0.25) is 10.0 Å². The zero-order valence-electron chi connectivity index (χ0n) is 16.1. The molecule has 7 heteroatoms. The second kappa shape index (κ2) is 8.45. The molecule has 0 radical (unpaired) electrons.